The van der Waals surface area contributed by atoms with Gasteiger partial charge in [-0.05, 0) is 130 Å². The third kappa shape index (κ3) is 6.58. The molecule has 0 aliphatic heterocycles. The molecule has 2 bridgehead atoms. The Kier molecular flexibility index (Phi) is 8.75. The minimum absolute atomic E-state index is 0.283. The summed E-state index contributed by atoms with van der Waals surface area (Å²) in [6, 6.07) is 55.8. The molecule has 1 heterocycles. The molecular weight excluding hydrogens is 693 g/mol. The van der Waals surface area contributed by atoms with Crippen LogP contribution in [0.2, 0.25) is 0 Å². The summed E-state index contributed by atoms with van der Waals surface area (Å²) in [7, 11) is 0. The van der Waals surface area contributed by atoms with Crippen molar-refractivity contribution in [3.8, 4) is 62.5 Å². The molecule has 2 saturated carbocycles. The lowest BCUT2D eigenvalue weighted by Crippen LogP contribution is -2.42. The molecule has 2 aliphatic rings. The van der Waals surface area contributed by atoms with E-state index in [1.54, 1.807) is 0 Å². The molecule has 10 rings (SSSR count). The van der Waals surface area contributed by atoms with E-state index in [1.807, 2.05) is 36.4 Å². The van der Waals surface area contributed by atoms with E-state index in [1.165, 1.54) is 43.2 Å². The molecule has 2 unspecified atom stereocenters. The normalized spacial score (nSPS) is 20.3. The summed E-state index contributed by atoms with van der Waals surface area (Å²) in [4.78, 5) is 15.7. The molecule has 4 nitrogen and oxygen atoms in total. The van der Waals surface area contributed by atoms with Crippen LogP contribution in [0.15, 0.2) is 152 Å². The quantitative estimate of drug-likeness (QED) is 0.170. The summed E-state index contributed by atoms with van der Waals surface area (Å²) in [5.74, 6) is 4.16. The van der Waals surface area contributed by atoms with Crippen molar-refractivity contribution >= 4 is 21.5 Å². The minimum atomic E-state index is 0.283. The molecular formula is C53H44N4. The zero-order chi connectivity index (χ0) is 38.5. The van der Waals surface area contributed by atoms with Crippen molar-refractivity contribution in [2.45, 2.75) is 51.4 Å². The van der Waals surface area contributed by atoms with Gasteiger partial charge in [-0.2, -0.15) is 5.26 Å². The predicted molar refractivity (Wildman–Crippen MR) is 233 cm³/mol. The van der Waals surface area contributed by atoms with Gasteiger partial charge in [-0.15, -0.1) is 0 Å². The van der Waals surface area contributed by atoms with Crippen molar-refractivity contribution in [1.29, 1.82) is 5.26 Å². The van der Waals surface area contributed by atoms with Crippen molar-refractivity contribution in [3.05, 3.63) is 163 Å². The number of nitriles is 1. The smallest absolute Gasteiger partial charge is 0.164 e. The van der Waals surface area contributed by atoms with E-state index in [0.717, 1.165) is 72.7 Å². The maximum atomic E-state index is 9.96. The van der Waals surface area contributed by atoms with E-state index in [2.05, 4.69) is 135 Å². The number of rotatable bonds is 6. The predicted octanol–water partition coefficient (Wildman–Crippen LogP) is 13.5. The van der Waals surface area contributed by atoms with Crippen LogP contribution in [-0.2, 0) is 5.41 Å². The maximum Gasteiger partial charge on any atom is 0.164 e. The molecule has 4 heteroatoms. The molecule has 1 aromatic heterocycles. The molecule has 276 valence electrons. The second kappa shape index (κ2) is 14.3. The van der Waals surface area contributed by atoms with Gasteiger partial charge in [-0.1, -0.05) is 135 Å². The van der Waals surface area contributed by atoms with Crippen LogP contribution in [0.5, 0.6) is 0 Å². The highest BCUT2D eigenvalue weighted by Gasteiger charge is 2.45. The number of nitrogens with zero attached hydrogens (tertiary/aromatic N) is 4. The third-order valence-corrected chi connectivity index (χ3v) is 12.7. The molecule has 4 atom stereocenters. The van der Waals surface area contributed by atoms with Gasteiger partial charge in [-0.25, -0.2) is 15.0 Å². The van der Waals surface area contributed by atoms with Gasteiger partial charge in [0.25, 0.3) is 0 Å². The lowest BCUT2D eigenvalue weighted by molar-refractivity contribution is 0.0780. The first kappa shape index (κ1) is 35.0. The van der Waals surface area contributed by atoms with Gasteiger partial charge in [0.05, 0.1) is 11.6 Å². The minimum Gasteiger partial charge on any atom is -0.208 e. The molecule has 0 amide bonds. The summed E-state index contributed by atoms with van der Waals surface area (Å²) >= 11 is 0. The fourth-order valence-electron chi connectivity index (χ4n) is 10.5. The van der Waals surface area contributed by atoms with Gasteiger partial charge >= 0.3 is 0 Å². The monoisotopic (exact) mass is 736 g/mol. The van der Waals surface area contributed by atoms with Crippen molar-refractivity contribution in [1.82, 2.24) is 15.0 Å². The van der Waals surface area contributed by atoms with Crippen LogP contribution in [-0.4, -0.2) is 15.0 Å². The molecule has 2 fully saturated rings. The van der Waals surface area contributed by atoms with Gasteiger partial charge in [-0.3, -0.25) is 0 Å². The van der Waals surface area contributed by atoms with Crippen LogP contribution in [0.3, 0.4) is 0 Å². The van der Waals surface area contributed by atoms with E-state index in [9.17, 15) is 5.26 Å². The molecule has 2 aliphatic carbocycles. The lowest BCUT2D eigenvalue weighted by Gasteiger charge is -2.50. The summed E-state index contributed by atoms with van der Waals surface area (Å²) in [6.45, 7) is 4.92. The average molecular weight is 737 g/mol. The van der Waals surface area contributed by atoms with Crippen LogP contribution in [0.1, 0.15) is 57.1 Å². The van der Waals surface area contributed by atoms with Crippen LogP contribution in [0.25, 0.3) is 78.0 Å². The van der Waals surface area contributed by atoms with Gasteiger partial charge < -0.3 is 0 Å². The van der Waals surface area contributed by atoms with Crippen molar-refractivity contribution in [2.24, 2.45) is 17.8 Å². The maximum absolute atomic E-state index is 9.96. The molecule has 57 heavy (non-hydrogen) atoms. The standard InChI is InChI=1S/C53H44N4/c1-34-24-36-25-35(2)31-53(30-34,32-36)46-22-20-39(21-23-46)44-27-43(37-10-4-3-5-11-37)28-45(29-44)51-55-50(41-19-18-38-12-6-7-13-40(38)26-41)56-52(57-51)49-17-9-15-47-42(33-54)14-8-16-48(47)49/h3-23,26-29,34-36H,24-25,30-32H2,1-2H3/t34-,35+,36?,53?. The van der Waals surface area contributed by atoms with Crippen molar-refractivity contribution < 1.29 is 0 Å². The highest BCUT2D eigenvalue weighted by atomic mass is 15.0. The number of hydrogen-bond acceptors (Lipinski definition) is 4. The molecule has 0 saturated heterocycles. The van der Waals surface area contributed by atoms with Crippen molar-refractivity contribution in [2.75, 3.05) is 0 Å². The Balaban J connectivity index is 1.14. The molecule has 0 spiro atoms. The van der Waals surface area contributed by atoms with E-state index in [0.29, 0.717) is 23.0 Å². The third-order valence-electron chi connectivity index (χ3n) is 12.7. The van der Waals surface area contributed by atoms with Crippen molar-refractivity contribution in [3.63, 3.8) is 0 Å². The Morgan fingerprint density at radius 1 is 0.491 bits per heavy atom. The Morgan fingerprint density at radius 3 is 1.82 bits per heavy atom. The van der Waals surface area contributed by atoms with Gasteiger partial charge in [0, 0.05) is 22.1 Å². The number of hydrogen-bond donors (Lipinski definition) is 0. The molecule has 7 aromatic carbocycles. The van der Waals surface area contributed by atoms with E-state index >= 15 is 0 Å². The van der Waals surface area contributed by atoms with Crippen LogP contribution in [0, 0.1) is 29.1 Å². The SMILES string of the molecule is C[C@@H]1CC2C[C@H](C)CC(c3ccc(-c4cc(-c5ccccc5)cc(-c5nc(-c6ccc7ccccc7c6)nc(-c6cccc7c(C#N)cccc67)n5)c4)cc3)(C2)C1. The van der Waals surface area contributed by atoms with Crippen LogP contribution >= 0.6 is 0 Å². The largest absolute Gasteiger partial charge is 0.208 e. The molecule has 8 aromatic rings. The number of benzene rings is 7. The zero-order valence-corrected chi connectivity index (χ0v) is 32.5. The van der Waals surface area contributed by atoms with Gasteiger partial charge in [0.1, 0.15) is 0 Å². The van der Waals surface area contributed by atoms with Gasteiger partial charge in [0.2, 0.25) is 0 Å². The fraction of sp³-hybridized carbons (Fsp3) is 0.208. The highest BCUT2D eigenvalue weighted by molar-refractivity contribution is 5.98. The van der Waals surface area contributed by atoms with E-state index in [4.69, 9.17) is 15.0 Å². The van der Waals surface area contributed by atoms with E-state index in [-0.39, 0.29) is 5.41 Å². The molecule has 0 radical (unpaired) electrons. The summed E-state index contributed by atoms with van der Waals surface area (Å²) in [5, 5.41) is 14.1. The summed E-state index contributed by atoms with van der Waals surface area (Å²) < 4.78 is 0. The Labute approximate surface area is 334 Å². The first-order valence-corrected chi connectivity index (χ1v) is 20.4. The lowest BCUT2D eigenvalue weighted by atomic mass is 9.54. The molecule has 0 N–H and O–H groups in total. The van der Waals surface area contributed by atoms with Crippen LogP contribution in [0.4, 0.5) is 0 Å². The fourth-order valence-corrected chi connectivity index (χ4v) is 10.5. The first-order chi connectivity index (χ1) is 27.9. The van der Waals surface area contributed by atoms with Gasteiger partial charge in [0.15, 0.2) is 17.5 Å². The highest BCUT2D eigenvalue weighted by Crippen LogP contribution is 2.54. The Hall–Kier alpha value is -6.44. The van der Waals surface area contributed by atoms with Crippen LogP contribution < -0.4 is 0 Å². The van der Waals surface area contributed by atoms with E-state index < -0.39 is 0 Å². The summed E-state index contributed by atoms with van der Waals surface area (Å²) in [6.07, 6.45) is 6.65. The number of aromatic nitrogens is 3. The number of fused-ring (bicyclic) bond motifs is 4. The second-order valence-corrected chi connectivity index (χ2v) is 16.9. The Morgan fingerprint density at radius 2 is 1.09 bits per heavy atom. The topological polar surface area (TPSA) is 62.5 Å². The Bertz CT molecular complexity index is 2810. The average Bonchev–Trinajstić information content (AvgIpc) is 3.25. The summed E-state index contributed by atoms with van der Waals surface area (Å²) in [5.41, 5.74) is 9.66. The second-order valence-electron chi connectivity index (χ2n) is 16.9. The first-order valence-electron chi connectivity index (χ1n) is 20.4. The zero-order valence-electron chi connectivity index (χ0n) is 32.5.